The molecule has 0 bridgehead atoms. The van der Waals surface area contributed by atoms with Crippen molar-refractivity contribution in [3.05, 3.63) is 47.8 Å². The molecule has 0 spiro atoms. The first kappa shape index (κ1) is 15.0. The molecule has 5 nitrogen and oxygen atoms in total. The van der Waals surface area contributed by atoms with E-state index in [2.05, 4.69) is 14.8 Å². The molecule has 1 N–H and O–H groups in total. The van der Waals surface area contributed by atoms with Crippen LogP contribution in [0.5, 0.6) is 17.2 Å². The van der Waals surface area contributed by atoms with Crippen LogP contribution in [-0.4, -0.2) is 19.3 Å². The van der Waals surface area contributed by atoms with Gasteiger partial charge in [0, 0.05) is 17.3 Å². The summed E-state index contributed by atoms with van der Waals surface area (Å²) < 4.78 is 52.7. The van der Waals surface area contributed by atoms with Crippen LogP contribution < -0.4 is 19.5 Å². The molecule has 3 rings (SSSR count). The Labute approximate surface area is 128 Å². The summed E-state index contributed by atoms with van der Waals surface area (Å²) in [5, 5.41) is 2.45. The van der Waals surface area contributed by atoms with Crippen LogP contribution in [0.15, 0.2) is 36.4 Å². The van der Waals surface area contributed by atoms with E-state index in [0.717, 1.165) is 6.07 Å². The lowest BCUT2D eigenvalue weighted by atomic mass is 10.2. The fraction of sp³-hybridized carbons (Fsp3) is 0.133. The Bertz CT molecular complexity index is 779. The van der Waals surface area contributed by atoms with Crippen LogP contribution in [0.25, 0.3) is 0 Å². The van der Waals surface area contributed by atoms with E-state index in [0.29, 0.717) is 0 Å². The van der Waals surface area contributed by atoms with E-state index in [1.807, 2.05) is 0 Å². The average molecular weight is 325 g/mol. The Hall–Kier alpha value is -2.90. The van der Waals surface area contributed by atoms with Crippen molar-refractivity contribution in [2.45, 2.75) is 6.29 Å². The van der Waals surface area contributed by atoms with Crippen LogP contribution in [0.1, 0.15) is 10.4 Å². The molecule has 0 unspecified atom stereocenters. The zero-order valence-corrected chi connectivity index (χ0v) is 11.7. The average Bonchev–Trinajstić information content (AvgIpc) is 2.80. The van der Waals surface area contributed by atoms with E-state index in [1.165, 1.54) is 37.4 Å². The number of methoxy groups -OCH3 is 1. The van der Waals surface area contributed by atoms with Crippen LogP contribution in [0, 0.1) is 5.82 Å². The van der Waals surface area contributed by atoms with Gasteiger partial charge in [-0.25, -0.2) is 4.39 Å². The number of hydrogen-bond acceptors (Lipinski definition) is 4. The first-order valence-corrected chi connectivity index (χ1v) is 6.43. The number of nitrogens with one attached hydrogen (secondary N) is 1. The highest BCUT2D eigenvalue weighted by Crippen LogP contribution is 2.42. The van der Waals surface area contributed by atoms with E-state index in [1.54, 1.807) is 0 Å². The Morgan fingerprint density at radius 2 is 1.87 bits per heavy atom. The molecular weight excluding hydrogens is 315 g/mol. The van der Waals surface area contributed by atoms with Crippen molar-refractivity contribution >= 4 is 11.6 Å². The van der Waals surface area contributed by atoms with Gasteiger partial charge in [-0.15, -0.1) is 8.78 Å². The number of benzene rings is 2. The molecule has 1 amide bonds. The Kier molecular flexibility index (Phi) is 3.51. The zero-order valence-electron chi connectivity index (χ0n) is 11.7. The second kappa shape index (κ2) is 5.38. The molecule has 0 atom stereocenters. The van der Waals surface area contributed by atoms with Gasteiger partial charge in [0.2, 0.25) is 0 Å². The van der Waals surface area contributed by atoms with Crippen molar-refractivity contribution in [1.29, 1.82) is 0 Å². The van der Waals surface area contributed by atoms with Gasteiger partial charge in [0.05, 0.1) is 7.11 Å². The molecule has 0 radical (unpaired) electrons. The van der Waals surface area contributed by atoms with Gasteiger partial charge in [0.1, 0.15) is 0 Å². The van der Waals surface area contributed by atoms with Crippen molar-refractivity contribution in [2.75, 3.05) is 12.4 Å². The van der Waals surface area contributed by atoms with E-state index in [-0.39, 0.29) is 28.5 Å². The first-order valence-electron chi connectivity index (χ1n) is 6.43. The minimum atomic E-state index is -3.73. The number of halogens is 3. The maximum atomic E-state index is 13.6. The third-order valence-electron chi connectivity index (χ3n) is 3.07. The predicted molar refractivity (Wildman–Crippen MR) is 73.6 cm³/mol. The molecule has 0 saturated heterocycles. The van der Waals surface area contributed by atoms with E-state index < -0.39 is 18.0 Å². The number of anilines is 1. The second-order valence-corrected chi connectivity index (χ2v) is 4.63. The molecule has 0 saturated carbocycles. The summed E-state index contributed by atoms with van der Waals surface area (Å²) in [5.41, 5.74) is 0.248. The molecule has 120 valence electrons. The largest absolute Gasteiger partial charge is 0.586 e. The summed E-state index contributed by atoms with van der Waals surface area (Å²) in [7, 11) is 1.31. The van der Waals surface area contributed by atoms with E-state index in [4.69, 9.17) is 4.74 Å². The first-order chi connectivity index (χ1) is 10.9. The molecule has 0 aliphatic carbocycles. The standard InChI is InChI=1S/C15H10F3NO4/c1-21-11-4-2-8(6-10(11)16)14(20)19-9-3-5-12-13(7-9)23-15(17,18)22-12/h2-7H,1H3,(H,19,20). The Morgan fingerprint density at radius 1 is 1.13 bits per heavy atom. The Morgan fingerprint density at radius 3 is 2.57 bits per heavy atom. The molecular formula is C15H10F3NO4. The van der Waals surface area contributed by atoms with Gasteiger partial charge in [-0.1, -0.05) is 0 Å². The number of rotatable bonds is 3. The fourth-order valence-electron chi connectivity index (χ4n) is 2.04. The monoisotopic (exact) mass is 325 g/mol. The van der Waals surface area contributed by atoms with Crippen molar-refractivity contribution in [1.82, 2.24) is 0 Å². The topological polar surface area (TPSA) is 56.8 Å². The van der Waals surface area contributed by atoms with Gasteiger partial charge >= 0.3 is 6.29 Å². The van der Waals surface area contributed by atoms with Gasteiger partial charge in [-0.3, -0.25) is 4.79 Å². The molecule has 2 aromatic rings. The summed E-state index contributed by atoms with van der Waals surface area (Å²) >= 11 is 0. The number of carbonyl (C=O) groups is 1. The molecule has 0 fully saturated rings. The van der Waals surface area contributed by atoms with Crippen molar-refractivity contribution in [2.24, 2.45) is 0 Å². The predicted octanol–water partition coefficient (Wildman–Crippen LogP) is 3.41. The number of hydrogen-bond donors (Lipinski definition) is 1. The Balaban J connectivity index is 1.78. The van der Waals surface area contributed by atoms with Crippen molar-refractivity contribution < 1.29 is 32.2 Å². The number of amides is 1. The summed E-state index contributed by atoms with van der Waals surface area (Å²) in [4.78, 5) is 12.1. The highest BCUT2D eigenvalue weighted by molar-refractivity contribution is 6.04. The molecule has 1 heterocycles. The smallest absolute Gasteiger partial charge is 0.494 e. The molecule has 8 heteroatoms. The minimum absolute atomic E-state index is 0.00635. The van der Waals surface area contributed by atoms with Gasteiger partial charge in [0.25, 0.3) is 5.91 Å². The molecule has 1 aliphatic rings. The van der Waals surface area contributed by atoms with Gasteiger partial charge < -0.3 is 19.5 Å². The molecule has 23 heavy (non-hydrogen) atoms. The third-order valence-corrected chi connectivity index (χ3v) is 3.07. The summed E-state index contributed by atoms with van der Waals surface area (Å²) in [6.45, 7) is 0. The summed E-state index contributed by atoms with van der Waals surface area (Å²) in [6.07, 6.45) is -3.73. The summed E-state index contributed by atoms with van der Waals surface area (Å²) in [5.74, 6) is -1.63. The van der Waals surface area contributed by atoms with Gasteiger partial charge in [-0.2, -0.15) is 0 Å². The van der Waals surface area contributed by atoms with Crippen molar-refractivity contribution in [3.8, 4) is 17.2 Å². The van der Waals surface area contributed by atoms with Crippen LogP contribution in [-0.2, 0) is 0 Å². The lowest BCUT2D eigenvalue weighted by molar-refractivity contribution is -0.286. The lowest BCUT2D eigenvalue weighted by Gasteiger charge is -2.07. The highest BCUT2D eigenvalue weighted by Gasteiger charge is 2.43. The quantitative estimate of drug-likeness (QED) is 0.939. The number of ether oxygens (including phenoxy) is 3. The maximum Gasteiger partial charge on any atom is 0.586 e. The van der Waals surface area contributed by atoms with E-state index >= 15 is 0 Å². The van der Waals surface area contributed by atoms with Gasteiger partial charge in [-0.05, 0) is 30.3 Å². The number of fused-ring (bicyclic) bond motifs is 1. The molecule has 0 aromatic heterocycles. The maximum absolute atomic E-state index is 13.6. The number of alkyl halides is 2. The van der Waals surface area contributed by atoms with Crippen LogP contribution in [0.4, 0.5) is 18.9 Å². The second-order valence-electron chi connectivity index (χ2n) is 4.63. The van der Waals surface area contributed by atoms with Gasteiger partial charge in [0.15, 0.2) is 23.1 Å². The minimum Gasteiger partial charge on any atom is -0.494 e. The van der Waals surface area contributed by atoms with Crippen LogP contribution >= 0.6 is 0 Å². The fourth-order valence-corrected chi connectivity index (χ4v) is 2.04. The molecule has 1 aliphatic heterocycles. The number of carbonyl (C=O) groups excluding carboxylic acids is 1. The normalized spacial score (nSPS) is 14.4. The van der Waals surface area contributed by atoms with E-state index in [9.17, 15) is 18.0 Å². The highest BCUT2D eigenvalue weighted by atomic mass is 19.3. The zero-order chi connectivity index (χ0) is 16.6. The molecule has 2 aromatic carbocycles. The van der Waals surface area contributed by atoms with Crippen LogP contribution in [0.3, 0.4) is 0 Å². The SMILES string of the molecule is COc1ccc(C(=O)Nc2ccc3c(c2)OC(F)(F)O3)cc1F. The van der Waals surface area contributed by atoms with Crippen LogP contribution in [0.2, 0.25) is 0 Å². The third kappa shape index (κ3) is 3.01. The lowest BCUT2D eigenvalue weighted by Crippen LogP contribution is -2.25. The summed E-state index contributed by atoms with van der Waals surface area (Å²) in [6, 6.07) is 7.48. The van der Waals surface area contributed by atoms with Crippen molar-refractivity contribution in [3.63, 3.8) is 0 Å².